The topological polar surface area (TPSA) is 98.0 Å². The fraction of sp³-hybridized carbons (Fsp3) is 0.889. The summed E-state index contributed by atoms with van der Waals surface area (Å²) in [6.45, 7) is 10.2. The monoisotopic (exact) mass is 448 g/mol. The van der Waals surface area contributed by atoms with Gasteiger partial charge in [-0.2, -0.15) is 0 Å². The second-order valence-corrected chi connectivity index (χ2v) is 12.8. The molecule has 5 nitrogen and oxygen atoms in total. The molecule has 8 unspecified atom stereocenters. The number of fused-ring (bicyclic) bond motifs is 5. The molecule has 0 aromatic carbocycles. The van der Waals surface area contributed by atoms with Crippen LogP contribution in [0.15, 0.2) is 11.6 Å². The van der Waals surface area contributed by atoms with E-state index in [1.54, 1.807) is 6.08 Å². The van der Waals surface area contributed by atoms with Gasteiger partial charge in [-0.05, 0) is 88.2 Å². The van der Waals surface area contributed by atoms with Crippen molar-refractivity contribution < 1.29 is 25.2 Å². The molecule has 0 spiro atoms. The smallest absolute Gasteiger partial charge is 0.187 e. The third-order valence-electron chi connectivity index (χ3n) is 10.5. The maximum Gasteiger partial charge on any atom is 0.187 e. The van der Waals surface area contributed by atoms with Crippen LogP contribution in [0.2, 0.25) is 0 Å². The maximum atomic E-state index is 13.3. The van der Waals surface area contributed by atoms with Gasteiger partial charge < -0.3 is 20.4 Å². The van der Waals surface area contributed by atoms with Gasteiger partial charge in [-0.1, -0.05) is 33.6 Å². The molecule has 32 heavy (non-hydrogen) atoms. The lowest BCUT2D eigenvalue weighted by atomic mass is 9.44. The Bertz CT molecular complexity index is 798. The molecule has 3 saturated carbocycles. The number of carbonyl (C=O) groups is 1. The minimum atomic E-state index is -1.54. The van der Waals surface area contributed by atoms with E-state index in [2.05, 4.69) is 13.8 Å². The van der Waals surface area contributed by atoms with Gasteiger partial charge in [0.05, 0.1) is 17.3 Å². The number of rotatable bonds is 5. The molecular formula is C27H44O5. The molecule has 4 rings (SSSR count). The molecule has 0 bridgehead atoms. The van der Waals surface area contributed by atoms with Crippen LogP contribution in [0.25, 0.3) is 0 Å². The van der Waals surface area contributed by atoms with Crippen molar-refractivity contribution in [2.75, 3.05) is 0 Å². The van der Waals surface area contributed by atoms with Gasteiger partial charge in [0.25, 0.3) is 0 Å². The van der Waals surface area contributed by atoms with Crippen molar-refractivity contribution in [2.45, 2.75) is 122 Å². The van der Waals surface area contributed by atoms with E-state index in [0.29, 0.717) is 31.1 Å². The minimum absolute atomic E-state index is 0.0278. The molecule has 4 aliphatic rings. The van der Waals surface area contributed by atoms with Gasteiger partial charge in [0.15, 0.2) is 5.78 Å². The Morgan fingerprint density at radius 2 is 1.72 bits per heavy atom. The summed E-state index contributed by atoms with van der Waals surface area (Å²) in [4.78, 5) is 13.3. The first-order valence-corrected chi connectivity index (χ1v) is 12.8. The summed E-state index contributed by atoms with van der Waals surface area (Å²) >= 11 is 0. The summed E-state index contributed by atoms with van der Waals surface area (Å²) in [7, 11) is 0. The molecular weight excluding hydrogens is 404 g/mol. The summed E-state index contributed by atoms with van der Waals surface area (Å²) in [5.74, 6) is 0.447. The molecule has 4 N–H and O–H groups in total. The van der Waals surface area contributed by atoms with Crippen LogP contribution >= 0.6 is 0 Å². The van der Waals surface area contributed by atoms with Crippen molar-refractivity contribution >= 4 is 5.78 Å². The normalized spacial score (nSPS) is 47.3. The van der Waals surface area contributed by atoms with Crippen molar-refractivity contribution in [1.82, 2.24) is 0 Å². The van der Waals surface area contributed by atoms with Gasteiger partial charge in [0.1, 0.15) is 5.60 Å². The van der Waals surface area contributed by atoms with Crippen molar-refractivity contribution in [1.29, 1.82) is 0 Å². The van der Waals surface area contributed by atoms with Crippen LogP contribution in [0.1, 0.15) is 98.8 Å². The Morgan fingerprint density at radius 1 is 1.06 bits per heavy atom. The second kappa shape index (κ2) is 7.63. The highest BCUT2D eigenvalue weighted by Crippen LogP contribution is 2.68. The van der Waals surface area contributed by atoms with Crippen LogP contribution in [0.3, 0.4) is 0 Å². The Morgan fingerprint density at radius 3 is 2.38 bits per heavy atom. The number of ketones is 1. The van der Waals surface area contributed by atoms with Gasteiger partial charge in [0.2, 0.25) is 0 Å². The van der Waals surface area contributed by atoms with Gasteiger partial charge in [-0.15, -0.1) is 0 Å². The average molecular weight is 449 g/mol. The summed E-state index contributed by atoms with van der Waals surface area (Å²) in [5.41, 5.74) is -3.27. The van der Waals surface area contributed by atoms with E-state index in [-0.39, 0.29) is 23.5 Å². The Kier molecular flexibility index (Phi) is 5.81. The van der Waals surface area contributed by atoms with Gasteiger partial charge >= 0.3 is 0 Å². The number of hydrogen-bond acceptors (Lipinski definition) is 5. The molecule has 0 aromatic heterocycles. The Hall–Kier alpha value is -0.750. The molecule has 8 atom stereocenters. The lowest BCUT2D eigenvalue weighted by Gasteiger charge is -2.62. The Balaban J connectivity index is 1.62. The van der Waals surface area contributed by atoms with Crippen LogP contribution < -0.4 is 0 Å². The van der Waals surface area contributed by atoms with Crippen molar-refractivity contribution in [3.8, 4) is 0 Å². The van der Waals surface area contributed by atoms with E-state index in [4.69, 9.17) is 0 Å². The van der Waals surface area contributed by atoms with Crippen molar-refractivity contribution in [2.24, 2.45) is 28.6 Å². The standard InChI is InChI=1S/C27H44O5/c1-17(7-6-11-23(2,3)30)19-10-14-26(31)21-15-22(29)27(32)16-18(28)8-12-25(27,5)20(21)9-13-24(19,26)4/h15,17-20,28,30-32H,6-14,16H2,1-5H3. The number of carbonyl (C=O) groups excluding carboxylic acids is 1. The summed E-state index contributed by atoms with van der Waals surface area (Å²) in [6.07, 6.45) is 8.32. The van der Waals surface area contributed by atoms with E-state index < -0.39 is 28.3 Å². The molecule has 3 fully saturated rings. The quantitative estimate of drug-likeness (QED) is 0.511. The average Bonchev–Trinajstić information content (AvgIpc) is 2.95. The second-order valence-electron chi connectivity index (χ2n) is 12.8. The minimum Gasteiger partial charge on any atom is -0.393 e. The predicted molar refractivity (Wildman–Crippen MR) is 124 cm³/mol. The van der Waals surface area contributed by atoms with E-state index in [1.807, 2.05) is 20.8 Å². The summed E-state index contributed by atoms with van der Waals surface area (Å²) < 4.78 is 0. The van der Waals surface area contributed by atoms with Crippen LogP contribution in [0.4, 0.5) is 0 Å². The SMILES string of the molecule is CC(CCCC(C)(C)O)C1CCC2(O)C3=CC(=O)C4(O)CC(O)CCC4(C)C3CCC12C. The number of aliphatic hydroxyl groups excluding tert-OH is 1. The first-order valence-electron chi connectivity index (χ1n) is 12.8. The highest BCUT2D eigenvalue weighted by atomic mass is 16.3. The maximum absolute atomic E-state index is 13.3. The number of aliphatic hydroxyl groups is 4. The summed E-state index contributed by atoms with van der Waals surface area (Å²) in [5, 5.41) is 43.9. The third-order valence-corrected chi connectivity index (χ3v) is 10.5. The zero-order chi connectivity index (χ0) is 23.7. The van der Waals surface area contributed by atoms with E-state index >= 15 is 0 Å². The molecule has 4 aliphatic carbocycles. The van der Waals surface area contributed by atoms with Crippen LogP contribution in [0, 0.1) is 28.6 Å². The van der Waals surface area contributed by atoms with Crippen LogP contribution in [0.5, 0.6) is 0 Å². The fourth-order valence-corrected chi connectivity index (χ4v) is 8.34. The van der Waals surface area contributed by atoms with Gasteiger partial charge in [0, 0.05) is 17.3 Å². The fourth-order valence-electron chi connectivity index (χ4n) is 8.34. The van der Waals surface area contributed by atoms with E-state index in [9.17, 15) is 25.2 Å². The first-order chi connectivity index (χ1) is 14.7. The molecule has 0 amide bonds. The predicted octanol–water partition coefficient (Wildman–Crippen LogP) is 3.91. The van der Waals surface area contributed by atoms with Gasteiger partial charge in [-0.3, -0.25) is 4.79 Å². The zero-order valence-electron chi connectivity index (χ0n) is 20.7. The van der Waals surface area contributed by atoms with Crippen LogP contribution in [-0.4, -0.2) is 49.1 Å². The molecule has 0 radical (unpaired) electrons. The largest absolute Gasteiger partial charge is 0.393 e. The zero-order valence-corrected chi connectivity index (χ0v) is 20.7. The number of hydrogen-bond donors (Lipinski definition) is 4. The molecule has 0 heterocycles. The highest BCUT2D eigenvalue weighted by molar-refractivity contribution is 6.00. The molecule has 0 saturated heterocycles. The lowest BCUT2D eigenvalue weighted by molar-refractivity contribution is -0.188. The van der Waals surface area contributed by atoms with Crippen molar-refractivity contribution in [3.05, 3.63) is 11.6 Å². The summed E-state index contributed by atoms with van der Waals surface area (Å²) in [6, 6.07) is 0. The van der Waals surface area contributed by atoms with Crippen LogP contribution in [-0.2, 0) is 4.79 Å². The lowest BCUT2D eigenvalue weighted by Crippen LogP contribution is -2.66. The van der Waals surface area contributed by atoms with Crippen molar-refractivity contribution in [3.63, 3.8) is 0 Å². The molecule has 0 aliphatic heterocycles. The Labute approximate surface area is 193 Å². The van der Waals surface area contributed by atoms with E-state index in [1.165, 1.54) is 0 Å². The molecule has 182 valence electrons. The third kappa shape index (κ3) is 3.37. The van der Waals surface area contributed by atoms with Gasteiger partial charge in [-0.25, -0.2) is 0 Å². The molecule has 0 aromatic rings. The first kappa shape index (κ1) is 24.4. The molecule has 5 heteroatoms. The van der Waals surface area contributed by atoms with E-state index in [0.717, 1.165) is 44.1 Å². The highest BCUT2D eigenvalue weighted by Gasteiger charge is 2.69.